The lowest BCUT2D eigenvalue weighted by molar-refractivity contribution is -0.154. The predicted molar refractivity (Wildman–Crippen MR) is 111 cm³/mol. The first-order chi connectivity index (χ1) is 14.6. The summed E-state index contributed by atoms with van der Waals surface area (Å²) in [5, 5.41) is 10.0. The SMILES string of the molecule is CCCCC[C@@H](CN(O)C=O)C(=O)NNc1nc(CCC)nc(N2CCOCC2)n1. The highest BCUT2D eigenvalue weighted by molar-refractivity contribution is 5.80. The maximum atomic E-state index is 12.6. The molecule has 1 saturated heterocycles. The second-order valence-electron chi connectivity index (χ2n) is 7.26. The van der Waals surface area contributed by atoms with Crippen LogP contribution in [0.5, 0.6) is 0 Å². The largest absolute Gasteiger partial charge is 0.378 e. The first-order valence-corrected chi connectivity index (χ1v) is 10.6. The van der Waals surface area contributed by atoms with Crippen LogP contribution >= 0.6 is 0 Å². The Kier molecular flexibility index (Phi) is 10.2. The zero-order valence-electron chi connectivity index (χ0n) is 17.8. The van der Waals surface area contributed by atoms with Crippen molar-refractivity contribution < 1.29 is 19.5 Å². The van der Waals surface area contributed by atoms with Gasteiger partial charge in [-0.3, -0.25) is 25.6 Å². The number of hydrazine groups is 1. The summed E-state index contributed by atoms with van der Waals surface area (Å²) in [6.45, 7) is 6.66. The van der Waals surface area contributed by atoms with Crippen molar-refractivity contribution in [3.8, 4) is 0 Å². The smallest absolute Gasteiger partial charge is 0.246 e. The standard InChI is InChI=1S/C19H33N7O4/c1-3-5-6-8-15(13-26(29)14-27)17(28)23-24-18-20-16(7-4-2)21-19(22-18)25-9-11-30-12-10-25/h14-15,29H,3-13H2,1-2H3,(H,23,28)(H,20,21,22,24)/t15-/m0/s1. The van der Waals surface area contributed by atoms with Crippen LogP contribution in [-0.2, 0) is 20.7 Å². The number of nitrogens with zero attached hydrogens (tertiary/aromatic N) is 5. The Morgan fingerprint density at radius 3 is 2.67 bits per heavy atom. The van der Waals surface area contributed by atoms with Crippen molar-refractivity contribution in [3.63, 3.8) is 0 Å². The summed E-state index contributed by atoms with van der Waals surface area (Å²) in [6.07, 6.45) is 5.25. The van der Waals surface area contributed by atoms with Gasteiger partial charge in [0.15, 0.2) is 0 Å². The second-order valence-corrected chi connectivity index (χ2v) is 7.26. The highest BCUT2D eigenvalue weighted by Crippen LogP contribution is 2.14. The molecular formula is C19H33N7O4. The van der Waals surface area contributed by atoms with Gasteiger partial charge in [0.1, 0.15) is 5.82 Å². The highest BCUT2D eigenvalue weighted by atomic mass is 16.5. The lowest BCUT2D eigenvalue weighted by Crippen LogP contribution is -2.41. The van der Waals surface area contributed by atoms with Crippen molar-refractivity contribution in [2.24, 2.45) is 5.92 Å². The molecule has 11 nitrogen and oxygen atoms in total. The van der Waals surface area contributed by atoms with Crippen LogP contribution in [0.1, 0.15) is 51.8 Å². The number of unbranched alkanes of at least 4 members (excludes halogenated alkanes) is 2. The number of morpholine rings is 1. The monoisotopic (exact) mass is 423 g/mol. The first-order valence-electron chi connectivity index (χ1n) is 10.6. The Bertz CT molecular complexity index is 670. The third-order valence-corrected chi connectivity index (χ3v) is 4.79. The second kappa shape index (κ2) is 12.9. The molecule has 1 atom stereocenters. The molecule has 3 N–H and O–H groups in total. The van der Waals surface area contributed by atoms with Gasteiger partial charge >= 0.3 is 0 Å². The minimum absolute atomic E-state index is 0.0714. The van der Waals surface area contributed by atoms with E-state index in [9.17, 15) is 14.8 Å². The molecule has 0 spiro atoms. The normalized spacial score (nSPS) is 14.8. The van der Waals surface area contributed by atoms with Crippen LogP contribution in [0.3, 0.4) is 0 Å². The third kappa shape index (κ3) is 7.71. The minimum atomic E-state index is -0.546. The molecule has 2 rings (SSSR count). The van der Waals surface area contributed by atoms with Gasteiger partial charge < -0.3 is 9.64 Å². The van der Waals surface area contributed by atoms with Gasteiger partial charge in [-0.25, -0.2) is 5.06 Å². The molecule has 0 aromatic carbocycles. The maximum Gasteiger partial charge on any atom is 0.246 e. The average Bonchev–Trinajstić information content (AvgIpc) is 2.77. The van der Waals surface area contributed by atoms with Gasteiger partial charge in [-0.05, 0) is 12.8 Å². The number of carbonyl (C=O) groups is 2. The van der Waals surface area contributed by atoms with E-state index in [4.69, 9.17) is 4.74 Å². The van der Waals surface area contributed by atoms with Gasteiger partial charge in [0, 0.05) is 19.5 Å². The number of hydrogen-bond donors (Lipinski definition) is 3. The van der Waals surface area contributed by atoms with E-state index >= 15 is 0 Å². The molecule has 168 valence electrons. The van der Waals surface area contributed by atoms with Gasteiger partial charge in [-0.2, -0.15) is 15.0 Å². The molecular weight excluding hydrogens is 390 g/mol. The van der Waals surface area contributed by atoms with Crippen LogP contribution in [0.2, 0.25) is 0 Å². The summed E-state index contributed by atoms with van der Waals surface area (Å²) in [5.74, 6) is 0.572. The fourth-order valence-electron chi connectivity index (χ4n) is 3.14. The highest BCUT2D eigenvalue weighted by Gasteiger charge is 2.21. The van der Waals surface area contributed by atoms with Crippen molar-refractivity contribution in [1.82, 2.24) is 25.4 Å². The summed E-state index contributed by atoms with van der Waals surface area (Å²) in [4.78, 5) is 38.7. The molecule has 0 aliphatic carbocycles. The Balaban J connectivity index is 2.05. The maximum absolute atomic E-state index is 12.6. The molecule has 30 heavy (non-hydrogen) atoms. The number of rotatable bonds is 13. The lowest BCUT2D eigenvalue weighted by atomic mass is 10.0. The average molecular weight is 424 g/mol. The fraction of sp³-hybridized carbons (Fsp3) is 0.737. The Morgan fingerprint density at radius 1 is 1.23 bits per heavy atom. The van der Waals surface area contributed by atoms with Crippen molar-refractivity contribution in [2.75, 3.05) is 43.2 Å². The van der Waals surface area contributed by atoms with E-state index in [2.05, 4.69) is 32.7 Å². The molecule has 1 aromatic heterocycles. The summed E-state index contributed by atoms with van der Waals surface area (Å²) in [6, 6.07) is 0. The quantitative estimate of drug-likeness (QED) is 0.185. The number of hydrogen-bond acceptors (Lipinski definition) is 9. The summed E-state index contributed by atoms with van der Waals surface area (Å²) in [5.41, 5.74) is 5.39. The van der Waals surface area contributed by atoms with Crippen molar-refractivity contribution in [3.05, 3.63) is 5.82 Å². The molecule has 1 aliphatic heterocycles. The van der Waals surface area contributed by atoms with Gasteiger partial charge in [-0.15, -0.1) is 0 Å². The van der Waals surface area contributed by atoms with Crippen LogP contribution < -0.4 is 15.8 Å². The van der Waals surface area contributed by atoms with Crippen LogP contribution in [0.15, 0.2) is 0 Å². The number of aryl methyl sites for hydroxylation is 1. The molecule has 0 radical (unpaired) electrons. The van der Waals surface area contributed by atoms with E-state index < -0.39 is 5.92 Å². The molecule has 1 aromatic rings. The number of carbonyl (C=O) groups excluding carboxylic acids is 2. The molecule has 2 amide bonds. The predicted octanol–water partition coefficient (Wildman–Crippen LogP) is 1.15. The number of nitrogens with one attached hydrogen (secondary N) is 2. The number of amides is 2. The minimum Gasteiger partial charge on any atom is -0.378 e. The fourth-order valence-corrected chi connectivity index (χ4v) is 3.14. The Morgan fingerprint density at radius 2 is 2.00 bits per heavy atom. The first kappa shape index (κ1) is 23.7. The van der Waals surface area contributed by atoms with Crippen LogP contribution in [0.4, 0.5) is 11.9 Å². The Labute approximate surface area is 177 Å². The number of hydroxylamine groups is 2. The number of ether oxygens (including phenoxy) is 1. The van der Waals surface area contributed by atoms with Gasteiger partial charge in [0.25, 0.3) is 0 Å². The molecule has 2 heterocycles. The Hall–Kier alpha value is -2.53. The van der Waals surface area contributed by atoms with E-state index in [-0.39, 0.29) is 18.4 Å². The van der Waals surface area contributed by atoms with Crippen LogP contribution in [0, 0.1) is 5.92 Å². The van der Waals surface area contributed by atoms with E-state index in [1.54, 1.807) is 0 Å². The van der Waals surface area contributed by atoms with Crippen LogP contribution in [-0.4, -0.2) is 70.4 Å². The molecule has 0 saturated carbocycles. The van der Waals surface area contributed by atoms with E-state index in [0.717, 1.165) is 25.7 Å². The van der Waals surface area contributed by atoms with Gasteiger partial charge in [-0.1, -0.05) is 33.1 Å². The van der Waals surface area contributed by atoms with Crippen molar-refractivity contribution in [2.45, 2.75) is 52.4 Å². The molecule has 0 unspecified atom stereocenters. The zero-order chi connectivity index (χ0) is 21.8. The molecule has 11 heteroatoms. The van der Waals surface area contributed by atoms with E-state index in [1.807, 2.05) is 11.8 Å². The summed E-state index contributed by atoms with van der Waals surface area (Å²) >= 11 is 0. The summed E-state index contributed by atoms with van der Waals surface area (Å²) < 4.78 is 5.38. The van der Waals surface area contributed by atoms with Crippen molar-refractivity contribution in [1.29, 1.82) is 0 Å². The van der Waals surface area contributed by atoms with E-state index in [0.29, 0.717) is 62.4 Å². The molecule has 1 fully saturated rings. The lowest BCUT2D eigenvalue weighted by Gasteiger charge is -2.27. The van der Waals surface area contributed by atoms with Gasteiger partial charge in [0.05, 0.1) is 25.7 Å². The third-order valence-electron chi connectivity index (χ3n) is 4.79. The summed E-state index contributed by atoms with van der Waals surface area (Å²) in [7, 11) is 0. The van der Waals surface area contributed by atoms with Crippen LogP contribution in [0.25, 0.3) is 0 Å². The number of anilines is 2. The van der Waals surface area contributed by atoms with E-state index in [1.165, 1.54) is 0 Å². The zero-order valence-corrected chi connectivity index (χ0v) is 17.8. The topological polar surface area (TPSA) is 133 Å². The molecule has 1 aliphatic rings. The molecule has 0 bridgehead atoms. The van der Waals surface area contributed by atoms with Crippen molar-refractivity contribution >= 4 is 24.2 Å². The van der Waals surface area contributed by atoms with Gasteiger partial charge in [0.2, 0.25) is 24.2 Å². The number of aromatic nitrogens is 3.